The Morgan fingerprint density at radius 2 is 1.89 bits per heavy atom. The summed E-state index contributed by atoms with van der Waals surface area (Å²) < 4.78 is 57.0. The van der Waals surface area contributed by atoms with Crippen LogP contribution in [-0.4, -0.2) is 28.1 Å². The van der Waals surface area contributed by atoms with Crippen LogP contribution >= 0.6 is 0 Å². The summed E-state index contributed by atoms with van der Waals surface area (Å²) in [4.78, 5) is 6.52. The van der Waals surface area contributed by atoms with Gasteiger partial charge in [-0.1, -0.05) is 29.4 Å². The quantitative estimate of drug-likeness (QED) is 0.595. The van der Waals surface area contributed by atoms with Gasteiger partial charge in [-0.15, -0.1) is 0 Å². The van der Waals surface area contributed by atoms with Crippen molar-refractivity contribution in [2.75, 3.05) is 13.1 Å². The molecule has 1 fully saturated rings. The van der Waals surface area contributed by atoms with Gasteiger partial charge in [-0.2, -0.15) is 18.2 Å². The average Bonchev–Trinajstić information content (AvgIpc) is 3.32. The zero-order chi connectivity index (χ0) is 19.7. The van der Waals surface area contributed by atoms with E-state index in [1.807, 2.05) is 0 Å². The molecule has 4 nitrogen and oxygen atoms in total. The number of nitrogens with zero attached hydrogens (tertiary/aromatic N) is 3. The molecule has 0 aliphatic carbocycles. The highest BCUT2D eigenvalue weighted by Crippen LogP contribution is 2.33. The van der Waals surface area contributed by atoms with E-state index >= 15 is 0 Å². The maximum absolute atomic E-state index is 13.0. The second-order valence-corrected chi connectivity index (χ2v) is 6.88. The lowest BCUT2D eigenvalue weighted by Crippen LogP contribution is -2.19. The van der Waals surface area contributed by atoms with Crippen molar-refractivity contribution in [3.63, 3.8) is 0 Å². The number of hydrogen-bond donors (Lipinski definition) is 0. The lowest BCUT2D eigenvalue weighted by Gasteiger charge is -2.15. The first-order valence-corrected chi connectivity index (χ1v) is 8.86. The summed E-state index contributed by atoms with van der Waals surface area (Å²) in [5.41, 5.74) is 0.533. The van der Waals surface area contributed by atoms with E-state index in [4.69, 9.17) is 4.52 Å². The van der Waals surface area contributed by atoms with Gasteiger partial charge in [-0.3, -0.25) is 4.90 Å². The SMILES string of the molecule is Fc1ccc(CN2CC[C@@H](c3nc(-c4cccc(C(F)(F)F)c4)no3)C2)cc1. The van der Waals surface area contributed by atoms with Crippen LogP contribution in [0.1, 0.15) is 29.4 Å². The third kappa shape index (κ3) is 4.06. The van der Waals surface area contributed by atoms with Crippen molar-refractivity contribution in [1.82, 2.24) is 15.0 Å². The molecule has 3 aromatic rings. The minimum Gasteiger partial charge on any atom is -0.339 e. The van der Waals surface area contributed by atoms with Crippen LogP contribution in [0.4, 0.5) is 17.6 Å². The predicted octanol–water partition coefficient (Wildman–Crippen LogP) is 4.88. The second-order valence-electron chi connectivity index (χ2n) is 6.88. The molecule has 28 heavy (non-hydrogen) atoms. The minimum atomic E-state index is -4.42. The van der Waals surface area contributed by atoms with Crippen LogP contribution in [0.15, 0.2) is 53.1 Å². The van der Waals surface area contributed by atoms with E-state index in [9.17, 15) is 17.6 Å². The van der Waals surface area contributed by atoms with E-state index in [1.165, 1.54) is 24.3 Å². The summed E-state index contributed by atoms with van der Waals surface area (Å²) in [5, 5.41) is 3.86. The van der Waals surface area contributed by atoms with Crippen LogP contribution in [0.2, 0.25) is 0 Å². The molecule has 0 spiro atoms. The number of rotatable bonds is 4. The molecule has 2 heterocycles. The molecule has 4 rings (SSSR count). The van der Waals surface area contributed by atoms with Crippen LogP contribution in [-0.2, 0) is 12.7 Å². The standard InChI is InChI=1S/C20H17F4N3O/c21-17-6-4-13(5-7-17)11-27-9-8-15(12-27)19-25-18(26-28-19)14-2-1-3-16(10-14)20(22,23)24/h1-7,10,15H,8-9,11-12H2/t15-/m1/s1. The van der Waals surface area contributed by atoms with Gasteiger partial charge in [-0.25, -0.2) is 4.39 Å². The third-order valence-electron chi connectivity index (χ3n) is 4.83. The van der Waals surface area contributed by atoms with E-state index < -0.39 is 11.7 Å². The van der Waals surface area contributed by atoms with Crippen molar-refractivity contribution in [2.24, 2.45) is 0 Å². The molecule has 1 aliphatic heterocycles. The zero-order valence-corrected chi connectivity index (χ0v) is 14.8. The van der Waals surface area contributed by atoms with Crippen molar-refractivity contribution in [3.05, 3.63) is 71.4 Å². The Bertz CT molecular complexity index is 953. The van der Waals surface area contributed by atoms with Crippen LogP contribution in [0.5, 0.6) is 0 Å². The number of halogens is 4. The molecular weight excluding hydrogens is 374 g/mol. The molecule has 8 heteroatoms. The van der Waals surface area contributed by atoms with Gasteiger partial charge in [0.25, 0.3) is 0 Å². The first kappa shape index (κ1) is 18.6. The molecule has 1 aromatic heterocycles. The molecule has 0 N–H and O–H groups in total. The van der Waals surface area contributed by atoms with Crippen LogP contribution < -0.4 is 0 Å². The maximum atomic E-state index is 13.0. The largest absolute Gasteiger partial charge is 0.416 e. The summed E-state index contributed by atoms with van der Waals surface area (Å²) in [5.74, 6) is 0.329. The van der Waals surface area contributed by atoms with Crippen molar-refractivity contribution in [2.45, 2.75) is 25.1 Å². The number of benzene rings is 2. The van der Waals surface area contributed by atoms with Gasteiger partial charge in [0.2, 0.25) is 11.7 Å². The van der Waals surface area contributed by atoms with Gasteiger partial charge in [0.1, 0.15) is 5.82 Å². The lowest BCUT2D eigenvalue weighted by molar-refractivity contribution is -0.137. The first-order valence-electron chi connectivity index (χ1n) is 8.86. The fraction of sp³-hybridized carbons (Fsp3) is 0.300. The van der Waals surface area contributed by atoms with E-state index in [0.717, 1.165) is 30.7 Å². The molecule has 0 bridgehead atoms. The predicted molar refractivity (Wildman–Crippen MR) is 93.8 cm³/mol. The van der Waals surface area contributed by atoms with Gasteiger partial charge in [0.05, 0.1) is 11.5 Å². The maximum Gasteiger partial charge on any atom is 0.416 e. The average molecular weight is 391 g/mol. The summed E-state index contributed by atoms with van der Waals surface area (Å²) in [7, 11) is 0. The molecule has 2 aromatic carbocycles. The number of hydrogen-bond acceptors (Lipinski definition) is 4. The normalized spacial score (nSPS) is 17.9. The molecule has 0 saturated carbocycles. The number of aromatic nitrogens is 2. The van der Waals surface area contributed by atoms with Crippen LogP contribution in [0.25, 0.3) is 11.4 Å². The monoisotopic (exact) mass is 391 g/mol. The smallest absolute Gasteiger partial charge is 0.339 e. The highest BCUT2D eigenvalue weighted by molar-refractivity contribution is 5.55. The number of alkyl halides is 3. The molecule has 146 valence electrons. The molecule has 0 amide bonds. The zero-order valence-electron chi connectivity index (χ0n) is 14.8. The van der Waals surface area contributed by atoms with E-state index in [0.29, 0.717) is 19.0 Å². The summed E-state index contributed by atoms with van der Waals surface area (Å²) >= 11 is 0. The van der Waals surface area contributed by atoms with Crippen molar-refractivity contribution >= 4 is 0 Å². The molecule has 0 unspecified atom stereocenters. The topological polar surface area (TPSA) is 42.2 Å². The Kier molecular flexibility index (Phi) is 4.89. The molecule has 1 saturated heterocycles. The Hall–Kier alpha value is -2.74. The minimum absolute atomic E-state index is 0.0208. The third-order valence-corrected chi connectivity index (χ3v) is 4.83. The first-order chi connectivity index (χ1) is 13.4. The van der Waals surface area contributed by atoms with Gasteiger partial charge >= 0.3 is 6.18 Å². The highest BCUT2D eigenvalue weighted by Gasteiger charge is 2.31. The Balaban J connectivity index is 1.44. The van der Waals surface area contributed by atoms with Gasteiger partial charge in [0.15, 0.2) is 0 Å². The van der Waals surface area contributed by atoms with Gasteiger partial charge in [0, 0.05) is 18.7 Å². The molecule has 1 aliphatic rings. The van der Waals surface area contributed by atoms with Crippen LogP contribution in [0, 0.1) is 5.82 Å². The lowest BCUT2D eigenvalue weighted by atomic mass is 10.1. The Morgan fingerprint density at radius 3 is 2.64 bits per heavy atom. The summed E-state index contributed by atoms with van der Waals surface area (Å²) in [6.07, 6.45) is -3.61. The molecule has 1 atom stereocenters. The fourth-order valence-electron chi connectivity index (χ4n) is 3.38. The summed E-state index contributed by atoms with van der Waals surface area (Å²) in [6, 6.07) is 11.2. The Labute approximate surface area is 158 Å². The van der Waals surface area contributed by atoms with Gasteiger partial charge in [-0.05, 0) is 42.8 Å². The highest BCUT2D eigenvalue weighted by atomic mass is 19.4. The molecular formula is C20H17F4N3O. The van der Waals surface area contributed by atoms with Crippen LogP contribution in [0.3, 0.4) is 0 Å². The number of likely N-dealkylation sites (tertiary alicyclic amines) is 1. The van der Waals surface area contributed by atoms with E-state index in [-0.39, 0.29) is 23.1 Å². The fourth-order valence-corrected chi connectivity index (χ4v) is 3.38. The van der Waals surface area contributed by atoms with E-state index in [1.54, 1.807) is 12.1 Å². The molecule has 0 radical (unpaired) electrons. The van der Waals surface area contributed by atoms with Crippen molar-refractivity contribution in [3.8, 4) is 11.4 Å². The Morgan fingerprint density at radius 1 is 1.11 bits per heavy atom. The van der Waals surface area contributed by atoms with E-state index in [2.05, 4.69) is 15.0 Å². The summed E-state index contributed by atoms with van der Waals surface area (Å²) in [6.45, 7) is 2.20. The van der Waals surface area contributed by atoms with Gasteiger partial charge < -0.3 is 4.52 Å². The van der Waals surface area contributed by atoms with Crippen molar-refractivity contribution < 1.29 is 22.1 Å². The van der Waals surface area contributed by atoms with Crippen molar-refractivity contribution in [1.29, 1.82) is 0 Å². The second kappa shape index (κ2) is 7.35.